The molecule has 0 aromatic rings. The van der Waals surface area contributed by atoms with E-state index in [1.165, 1.54) is 12.4 Å². The minimum absolute atomic E-state index is 0.0650. The first-order chi connectivity index (χ1) is 7.65. The number of Topliss-reactive ketones (excluding diaryl/α,β-unsaturated/α-hetero) is 1. The smallest absolute Gasteiger partial charge is 0.166 e. The van der Waals surface area contributed by atoms with E-state index in [1.54, 1.807) is 0 Å². The van der Waals surface area contributed by atoms with E-state index in [-0.39, 0.29) is 24.7 Å². The average molecular weight is 225 g/mol. The van der Waals surface area contributed by atoms with Gasteiger partial charge in [0.05, 0.1) is 12.2 Å². The highest BCUT2D eigenvalue weighted by Crippen LogP contribution is 2.37. The van der Waals surface area contributed by atoms with Gasteiger partial charge in [-0.05, 0) is 6.42 Å². The number of ketones is 1. The lowest BCUT2D eigenvalue weighted by molar-refractivity contribution is -0.115. The molecule has 1 saturated carbocycles. The molecule has 1 fully saturated rings. The molecule has 1 aliphatic heterocycles. The van der Waals surface area contributed by atoms with Gasteiger partial charge < -0.3 is 15.3 Å². The highest BCUT2D eigenvalue weighted by atomic mass is 16.3. The third kappa shape index (κ3) is 1.81. The quantitative estimate of drug-likeness (QED) is 0.577. The van der Waals surface area contributed by atoms with E-state index < -0.39 is 18.1 Å². The van der Waals surface area contributed by atoms with Gasteiger partial charge in [0.1, 0.15) is 0 Å². The molecular weight excluding hydrogens is 210 g/mol. The zero-order valence-electron chi connectivity index (χ0n) is 8.78. The predicted molar refractivity (Wildman–Crippen MR) is 56.9 cm³/mol. The van der Waals surface area contributed by atoms with Gasteiger partial charge in [0.15, 0.2) is 5.78 Å². The van der Waals surface area contributed by atoms with E-state index >= 15 is 0 Å². The zero-order chi connectivity index (χ0) is 11.7. The summed E-state index contributed by atoms with van der Waals surface area (Å²) in [6, 6.07) is 0. The zero-order valence-corrected chi connectivity index (χ0v) is 8.78. The molecular formula is C11H15NO4. The largest absolute Gasteiger partial charge is 0.396 e. The van der Waals surface area contributed by atoms with Crippen molar-refractivity contribution in [3.8, 4) is 0 Å². The van der Waals surface area contributed by atoms with Crippen molar-refractivity contribution in [2.75, 3.05) is 6.61 Å². The summed E-state index contributed by atoms with van der Waals surface area (Å²) in [6.07, 6.45) is 1.69. The van der Waals surface area contributed by atoms with Crippen LogP contribution in [0.15, 0.2) is 16.8 Å². The highest BCUT2D eigenvalue weighted by molar-refractivity contribution is 6.05. The average Bonchev–Trinajstić information content (AvgIpc) is 2.57. The molecule has 16 heavy (non-hydrogen) atoms. The fourth-order valence-electron chi connectivity index (χ4n) is 2.38. The molecule has 3 N–H and O–H groups in total. The van der Waals surface area contributed by atoms with E-state index in [9.17, 15) is 15.0 Å². The molecule has 1 aliphatic carbocycles. The van der Waals surface area contributed by atoms with Gasteiger partial charge in [-0.3, -0.25) is 9.79 Å². The Bertz CT molecular complexity index is 350. The van der Waals surface area contributed by atoms with Crippen LogP contribution in [0, 0.1) is 11.8 Å². The van der Waals surface area contributed by atoms with Crippen LogP contribution in [0.1, 0.15) is 12.8 Å². The fraction of sp³-hybridized carbons (Fsp3) is 0.636. The van der Waals surface area contributed by atoms with Crippen molar-refractivity contribution in [3.63, 3.8) is 0 Å². The lowest BCUT2D eigenvalue weighted by atomic mass is 9.90. The van der Waals surface area contributed by atoms with Gasteiger partial charge >= 0.3 is 0 Å². The second-order valence-corrected chi connectivity index (χ2v) is 4.31. The van der Waals surface area contributed by atoms with Crippen LogP contribution in [0.4, 0.5) is 0 Å². The highest BCUT2D eigenvalue weighted by Gasteiger charge is 2.44. The van der Waals surface area contributed by atoms with Crippen molar-refractivity contribution in [2.24, 2.45) is 16.8 Å². The van der Waals surface area contributed by atoms with Crippen molar-refractivity contribution in [2.45, 2.75) is 25.0 Å². The maximum atomic E-state index is 11.6. The topological polar surface area (TPSA) is 90.1 Å². The number of aliphatic hydroxyl groups excluding tert-OH is 3. The molecule has 0 aromatic heterocycles. The Morgan fingerprint density at radius 2 is 2.12 bits per heavy atom. The fourth-order valence-corrected chi connectivity index (χ4v) is 2.38. The third-order valence-corrected chi connectivity index (χ3v) is 3.35. The summed E-state index contributed by atoms with van der Waals surface area (Å²) >= 11 is 0. The minimum Gasteiger partial charge on any atom is -0.396 e. The Balaban J connectivity index is 2.19. The van der Waals surface area contributed by atoms with Crippen LogP contribution in [0.25, 0.3) is 0 Å². The molecule has 0 radical (unpaired) electrons. The molecule has 0 bridgehead atoms. The van der Waals surface area contributed by atoms with Gasteiger partial charge in [-0.25, -0.2) is 0 Å². The summed E-state index contributed by atoms with van der Waals surface area (Å²) in [5.41, 5.74) is 0.463. The molecule has 0 spiro atoms. The van der Waals surface area contributed by atoms with Gasteiger partial charge in [0.25, 0.3) is 0 Å². The second-order valence-electron chi connectivity index (χ2n) is 4.31. The maximum absolute atomic E-state index is 11.6. The van der Waals surface area contributed by atoms with Crippen LogP contribution in [-0.2, 0) is 4.79 Å². The summed E-state index contributed by atoms with van der Waals surface area (Å²) in [4.78, 5) is 15.5. The van der Waals surface area contributed by atoms with Crippen LogP contribution in [0.5, 0.6) is 0 Å². The summed E-state index contributed by atoms with van der Waals surface area (Å²) in [5, 5.41) is 28.5. The molecule has 0 aromatic carbocycles. The molecule has 2 rings (SSSR count). The monoisotopic (exact) mass is 225 g/mol. The number of rotatable bonds is 2. The van der Waals surface area contributed by atoms with Crippen LogP contribution in [0.2, 0.25) is 0 Å². The first kappa shape index (κ1) is 11.4. The van der Waals surface area contributed by atoms with Crippen molar-refractivity contribution < 1.29 is 20.1 Å². The SMILES string of the molecule is O=C1CC=NC=C1C1C[C@H](CO)[C@@H](O)[C@H]1O. The van der Waals surface area contributed by atoms with Crippen LogP contribution in [0.3, 0.4) is 0 Å². The Labute approximate surface area is 93.1 Å². The van der Waals surface area contributed by atoms with Gasteiger partial charge in [-0.15, -0.1) is 0 Å². The third-order valence-electron chi connectivity index (χ3n) is 3.35. The van der Waals surface area contributed by atoms with E-state index in [2.05, 4.69) is 4.99 Å². The van der Waals surface area contributed by atoms with E-state index in [0.29, 0.717) is 12.0 Å². The Hall–Kier alpha value is -1.04. The summed E-state index contributed by atoms with van der Waals surface area (Å²) in [6.45, 7) is -0.181. The first-order valence-electron chi connectivity index (χ1n) is 5.37. The molecule has 5 nitrogen and oxygen atoms in total. The van der Waals surface area contributed by atoms with E-state index in [0.717, 1.165) is 0 Å². The number of hydrogen-bond donors (Lipinski definition) is 3. The standard InChI is InChI=1S/C11H15NO4/c13-5-6-3-7(11(16)10(6)15)8-4-12-2-1-9(8)14/h2,4,6-7,10-11,13,15-16H,1,3,5H2/t6-,7?,10-,11+/m1/s1. The molecule has 4 atom stereocenters. The van der Waals surface area contributed by atoms with Gasteiger partial charge in [0, 0.05) is 42.9 Å². The predicted octanol–water partition coefficient (Wildman–Crippen LogP) is -0.736. The summed E-state index contributed by atoms with van der Waals surface area (Å²) in [7, 11) is 0. The van der Waals surface area contributed by atoms with E-state index in [4.69, 9.17) is 5.11 Å². The van der Waals surface area contributed by atoms with Gasteiger partial charge in [-0.2, -0.15) is 0 Å². The Kier molecular flexibility index (Phi) is 3.18. The molecule has 88 valence electrons. The Morgan fingerprint density at radius 1 is 1.38 bits per heavy atom. The van der Waals surface area contributed by atoms with Crippen LogP contribution in [-0.4, -0.2) is 46.1 Å². The normalized spacial score (nSPS) is 38.9. The van der Waals surface area contributed by atoms with Crippen molar-refractivity contribution in [1.29, 1.82) is 0 Å². The van der Waals surface area contributed by atoms with Crippen molar-refractivity contribution in [1.82, 2.24) is 0 Å². The number of aliphatic imine (C=N–C) groups is 1. The molecule has 2 aliphatic rings. The van der Waals surface area contributed by atoms with Gasteiger partial charge in [-0.1, -0.05) is 0 Å². The molecule has 1 heterocycles. The molecule has 0 saturated heterocycles. The molecule has 0 amide bonds. The number of aliphatic hydroxyl groups is 3. The maximum Gasteiger partial charge on any atom is 0.166 e. The molecule has 5 heteroatoms. The van der Waals surface area contributed by atoms with Crippen LogP contribution >= 0.6 is 0 Å². The second kappa shape index (κ2) is 4.45. The summed E-state index contributed by atoms with van der Waals surface area (Å²) < 4.78 is 0. The number of hydrogen-bond acceptors (Lipinski definition) is 5. The summed E-state index contributed by atoms with van der Waals surface area (Å²) in [5.74, 6) is -0.832. The van der Waals surface area contributed by atoms with Crippen LogP contribution < -0.4 is 0 Å². The van der Waals surface area contributed by atoms with Crippen molar-refractivity contribution in [3.05, 3.63) is 11.8 Å². The first-order valence-corrected chi connectivity index (χ1v) is 5.37. The number of nitrogens with zero attached hydrogens (tertiary/aromatic N) is 1. The lowest BCUT2D eigenvalue weighted by Gasteiger charge is -2.19. The van der Waals surface area contributed by atoms with Gasteiger partial charge in [0.2, 0.25) is 0 Å². The van der Waals surface area contributed by atoms with Crippen molar-refractivity contribution >= 4 is 12.0 Å². The number of carbonyl (C=O) groups is 1. The van der Waals surface area contributed by atoms with E-state index in [1.807, 2.05) is 0 Å². The minimum atomic E-state index is -0.986. The lowest BCUT2D eigenvalue weighted by Crippen LogP contribution is -2.31. The molecule has 1 unspecified atom stereocenters. The Morgan fingerprint density at radius 3 is 2.69 bits per heavy atom. The number of carbonyl (C=O) groups excluding carboxylic acids is 1.